The summed E-state index contributed by atoms with van der Waals surface area (Å²) in [5, 5.41) is 6.06. The highest BCUT2D eigenvalue weighted by Gasteiger charge is 2.10. The van der Waals surface area contributed by atoms with Gasteiger partial charge in [-0.25, -0.2) is 9.37 Å². The molecule has 0 bridgehead atoms. The van der Waals surface area contributed by atoms with Crippen molar-refractivity contribution in [1.82, 2.24) is 9.97 Å². The van der Waals surface area contributed by atoms with Crippen molar-refractivity contribution in [3.8, 4) is 11.3 Å². The molecule has 0 aliphatic carbocycles. The van der Waals surface area contributed by atoms with Crippen LogP contribution in [-0.4, -0.2) is 15.9 Å². The Balaban J connectivity index is 1.39. The molecule has 2 aromatic carbocycles. The van der Waals surface area contributed by atoms with Crippen molar-refractivity contribution in [2.24, 2.45) is 0 Å². The Hall–Kier alpha value is -4.00. The van der Waals surface area contributed by atoms with Crippen molar-refractivity contribution >= 4 is 23.3 Å². The van der Waals surface area contributed by atoms with Crippen LogP contribution in [0.3, 0.4) is 0 Å². The molecule has 2 aromatic heterocycles. The van der Waals surface area contributed by atoms with E-state index in [1.54, 1.807) is 30.7 Å². The molecule has 31 heavy (non-hydrogen) atoms. The number of hydrogen-bond acceptors (Lipinski definition) is 5. The Labute approximate surface area is 179 Å². The largest absolute Gasteiger partial charge is 0.423 e. The molecule has 0 radical (unpaired) electrons. The number of aryl methyl sites for hydroxylation is 2. The molecule has 2 heterocycles. The summed E-state index contributed by atoms with van der Waals surface area (Å²) in [6.07, 6.45) is 5.87. The van der Waals surface area contributed by atoms with E-state index in [0.29, 0.717) is 30.3 Å². The molecule has 0 aliphatic rings. The molecule has 4 rings (SSSR count). The van der Waals surface area contributed by atoms with Crippen LogP contribution in [0, 0.1) is 12.7 Å². The van der Waals surface area contributed by atoms with Crippen LogP contribution in [0.2, 0.25) is 0 Å². The molecule has 156 valence electrons. The minimum absolute atomic E-state index is 0.116. The molecule has 0 fully saturated rings. The monoisotopic (exact) mass is 416 g/mol. The van der Waals surface area contributed by atoms with Gasteiger partial charge in [0.15, 0.2) is 5.76 Å². The number of nitrogens with one attached hydrogen (secondary N) is 2. The Morgan fingerprint density at radius 1 is 1.06 bits per heavy atom. The Kier molecular flexibility index (Phi) is 6.03. The number of halogens is 1. The zero-order valence-corrected chi connectivity index (χ0v) is 16.9. The number of nitrogens with zero attached hydrogens (tertiary/aromatic N) is 2. The molecule has 0 atom stereocenters. The lowest BCUT2D eigenvalue weighted by molar-refractivity contribution is -0.116. The van der Waals surface area contributed by atoms with Gasteiger partial charge < -0.3 is 15.1 Å². The van der Waals surface area contributed by atoms with Crippen LogP contribution < -0.4 is 10.6 Å². The number of oxazole rings is 1. The van der Waals surface area contributed by atoms with Gasteiger partial charge in [0.1, 0.15) is 5.82 Å². The smallest absolute Gasteiger partial charge is 0.299 e. The minimum Gasteiger partial charge on any atom is -0.423 e. The van der Waals surface area contributed by atoms with Gasteiger partial charge >= 0.3 is 0 Å². The summed E-state index contributed by atoms with van der Waals surface area (Å²) in [4.78, 5) is 20.6. The quantitative estimate of drug-likeness (QED) is 0.416. The Bertz CT molecular complexity index is 1170. The van der Waals surface area contributed by atoms with Crippen LogP contribution in [-0.2, 0) is 11.2 Å². The van der Waals surface area contributed by atoms with E-state index >= 15 is 0 Å². The molecular weight excluding hydrogens is 395 g/mol. The third-order valence-corrected chi connectivity index (χ3v) is 4.79. The van der Waals surface area contributed by atoms with Crippen molar-refractivity contribution in [3.05, 3.63) is 90.1 Å². The van der Waals surface area contributed by atoms with Gasteiger partial charge in [-0.1, -0.05) is 18.2 Å². The highest BCUT2D eigenvalue weighted by atomic mass is 19.1. The topological polar surface area (TPSA) is 80.0 Å². The summed E-state index contributed by atoms with van der Waals surface area (Å²) in [5.74, 6) is 0.231. The van der Waals surface area contributed by atoms with E-state index < -0.39 is 0 Å². The molecule has 0 spiro atoms. The summed E-state index contributed by atoms with van der Waals surface area (Å²) in [5.41, 5.74) is 4.22. The number of rotatable bonds is 7. The average Bonchev–Trinajstić information content (AvgIpc) is 3.25. The van der Waals surface area contributed by atoms with Crippen LogP contribution in [0.1, 0.15) is 17.5 Å². The second-order valence-corrected chi connectivity index (χ2v) is 7.09. The van der Waals surface area contributed by atoms with Gasteiger partial charge in [-0.05, 0) is 60.9 Å². The van der Waals surface area contributed by atoms with Crippen molar-refractivity contribution in [2.45, 2.75) is 19.8 Å². The molecule has 4 aromatic rings. The molecule has 0 unspecified atom stereocenters. The number of pyridine rings is 1. The second-order valence-electron chi connectivity index (χ2n) is 7.09. The minimum atomic E-state index is -0.285. The molecule has 0 saturated heterocycles. The molecule has 0 saturated carbocycles. The van der Waals surface area contributed by atoms with Gasteiger partial charge in [-0.2, -0.15) is 0 Å². The number of anilines is 3. The fourth-order valence-corrected chi connectivity index (χ4v) is 3.06. The predicted molar refractivity (Wildman–Crippen MR) is 118 cm³/mol. The maximum atomic E-state index is 13.0. The normalized spacial score (nSPS) is 10.6. The molecule has 2 N–H and O–H groups in total. The lowest BCUT2D eigenvalue weighted by atomic mass is 10.1. The van der Waals surface area contributed by atoms with E-state index in [2.05, 4.69) is 20.6 Å². The van der Waals surface area contributed by atoms with Crippen LogP contribution in [0.25, 0.3) is 11.3 Å². The van der Waals surface area contributed by atoms with Crippen LogP contribution in [0.15, 0.2) is 77.6 Å². The van der Waals surface area contributed by atoms with Crippen LogP contribution in [0.5, 0.6) is 0 Å². The van der Waals surface area contributed by atoms with Gasteiger partial charge in [-0.3, -0.25) is 9.78 Å². The van der Waals surface area contributed by atoms with Crippen molar-refractivity contribution in [2.75, 3.05) is 10.6 Å². The maximum Gasteiger partial charge on any atom is 0.299 e. The summed E-state index contributed by atoms with van der Waals surface area (Å²) in [6.45, 7) is 1.95. The SMILES string of the molecule is Cc1ccc(NC(=O)CCc2ccc(F)cc2)cc1Nc1ncc(-c2ccncc2)o1. The third-order valence-electron chi connectivity index (χ3n) is 4.79. The first-order chi connectivity index (χ1) is 15.1. The van der Waals surface area contributed by atoms with Crippen molar-refractivity contribution < 1.29 is 13.6 Å². The summed E-state index contributed by atoms with van der Waals surface area (Å²) in [7, 11) is 0. The average molecular weight is 416 g/mol. The van der Waals surface area contributed by atoms with Gasteiger partial charge in [0.2, 0.25) is 5.91 Å². The van der Waals surface area contributed by atoms with E-state index in [9.17, 15) is 9.18 Å². The summed E-state index contributed by atoms with van der Waals surface area (Å²) in [6, 6.07) is 15.8. The number of amides is 1. The van der Waals surface area contributed by atoms with E-state index in [1.165, 1.54) is 12.1 Å². The maximum absolute atomic E-state index is 13.0. The van der Waals surface area contributed by atoms with Gasteiger partial charge in [0.25, 0.3) is 6.01 Å². The fourth-order valence-electron chi connectivity index (χ4n) is 3.06. The molecule has 7 heteroatoms. The molecule has 1 amide bonds. The molecule has 0 aliphatic heterocycles. The van der Waals surface area contributed by atoms with E-state index in [1.807, 2.05) is 37.3 Å². The zero-order valence-electron chi connectivity index (χ0n) is 16.9. The lowest BCUT2D eigenvalue weighted by Gasteiger charge is -2.10. The van der Waals surface area contributed by atoms with E-state index in [-0.39, 0.29) is 11.7 Å². The summed E-state index contributed by atoms with van der Waals surface area (Å²) >= 11 is 0. The third kappa shape index (κ3) is 5.33. The Morgan fingerprint density at radius 2 is 1.84 bits per heavy atom. The van der Waals surface area contributed by atoms with E-state index in [4.69, 9.17) is 4.42 Å². The number of carbonyl (C=O) groups excluding carboxylic acids is 1. The molecular formula is C24H21FN4O2. The Morgan fingerprint density at radius 3 is 2.61 bits per heavy atom. The zero-order chi connectivity index (χ0) is 21.6. The van der Waals surface area contributed by atoms with Crippen molar-refractivity contribution in [1.29, 1.82) is 0 Å². The standard InChI is InChI=1S/C24H21FN4O2/c1-16-2-8-20(28-23(30)9-5-17-3-6-19(25)7-4-17)14-21(16)29-24-27-15-22(31-24)18-10-12-26-13-11-18/h2-4,6-8,10-15H,5,9H2,1H3,(H,27,29)(H,28,30). The predicted octanol–water partition coefficient (Wildman–Crippen LogP) is 5.50. The highest BCUT2D eigenvalue weighted by Crippen LogP contribution is 2.27. The van der Waals surface area contributed by atoms with E-state index in [0.717, 1.165) is 22.4 Å². The van der Waals surface area contributed by atoms with Crippen molar-refractivity contribution in [3.63, 3.8) is 0 Å². The van der Waals surface area contributed by atoms with Crippen LogP contribution >= 0.6 is 0 Å². The number of hydrogen-bond donors (Lipinski definition) is 2. The first-order valence-electron chi connectivity index (χ1n) is 9.85. The first kappa shape index (κ1) is 20.3. The van der Waals surface area contributed by atoms with Gasteiger partial charge in [0, 0.05) is 35.8 Å². The lowest BCUT2D eigenvalue weighted by Crippen LogP contribution is -2.12. The highest BCUT2D eigenvalue weighted by molar-refractivity contribution is 5.91. The fraction of sp³-hybridized carbons (Fsp3) is 0.125. The molecule has 6 nitrogen and oxygen atoms in total. The van der Waals surface area contributed by atoms with Gasteiger partial charge in [-0.15, -0.1) is 0 Å². The number of benzene rings is 2. The second kappa shape index (κ2) is 9.21. The van der Waals surface area contributed by atoms with Crippen LogP contribution in [0.4, 0.5) is 21.8 Å². The van der Waals surface area contributed by atoms with Gasteiger partial charge in [0.05, 0.1) is 6.20 Å². The number of aromatic nitrogens is 2. The first-order valence-corrected chi connectivity index (χ1v) is 9.85. The summed E-state index contributed by atoms with van der Waals surface area (Å²) < 4.78 is 18.8. The number of carbonyl (C=O) groups is 1.